The molecule has 0 bridgehead atoms. The Morgan fingerprint density at radius 3 is 2.67 bits per heavy atom. The predicted molar refractivity (Wildman–Crippen MR) is 58.5 cm³/mol. The molecule has 1 atom stereocenters. The fourth-order valence-corrected chi connectivity index (χ4v) is 1.60. The molecule has 0 saturated heterocycles. The van der Waals surface area contributed by atoms with Crippen LogP contribution in [0.2, 0.25) is 0 Å². The number of anilines is 1. The van der Waals surface area contributed by atoms with Crippen molar-refractivity contribution in [3.8, 4) is 0 Å². The summed E-state index contributed by atoms with van der Waals surface area (Å²) in [5.74, 6) is 2.00. The summed E-state index contributed by atoms with van der Waals surface area (Å²) in [6.07, 6.45) is 5.51. The van der Waals surface area contributed by atoms with Gasteiger partial charge in [-0.05, 0) is 6.92 Å². The van der Waals surface area contributed by atoms with E-state index in [9.17, 15) is 0 Å². The van der Waals surface area contributed by atoms with E-state index in [0.717, 1.165) is 11.6 Å². The highest BCUT2D eigenvalue weighted by Gasteiger charge is 2.10. The van der Waals surface area contributed by atoms with Crippen molar-refractivity contribution in [2.45, 2.75) is 13.0 Å². The first-order chi connectivity index (χ1) is 7.18. The molecule has 0 fully saturated rings. The molecule has 0 amide bonds. The third-order valence-corrected chi connectivity index (χ3v) is 2.43. The fourth-order valence-electron chi connectivity index (χ4n) is 1.60. The number of aryl methyl sites for hydroxylation is 2. The van der Waals surface area contributed by atoms with Crippen molar-refractivity contribution >= 4 is 5.82 Å². The topological polar surface area (TPSA) is 47.7 Å². The molecule has 5 nitrogen and oxygen atoms in total. The zero-order valence-electron chi connectivity index (χ0n) is 9.18. The Hall–Kier alpha value is -1.78. The molecule has 2 rings (SSSR count). The van der Waals surface area contributed by atoms with E-state index in [-0.39, 0.29) is 6.04 Å². The van der Waals surface area contributed by atoms with Crippen LogP contribution in [0.5, 0.6) is 0 Å². The lowest BCUT2D eigenvalue weighted by atomic mass is 10.3. The van der Waals surface area contributed by atoms with Crippen LogP contribution in [0.25, 0.3) is 0 Å². The summed E-state index contributed by atoms with van der Waals surface area (Å²) < 4.78 is 3.81. The summed E-state index contributed by atoms with van der Waals surface area (Å²) in [5, 5.41) is 7.45. The summed E-state index contributed by atoms with van der Waals surface area (Å²) in [6.45, 7) is 2.08. The molecule has 2 aromatic rings. The number of rotatable bonds is 3. The lowest BCUT2D eigenvalue weighted by molar-refractivity contribution is 0.698. The number of hydrogen-bond acceptors (Lipinski definition) is 3. The van der Waals surface area contributed by atoms with Gasteiger partial charge in [-0.1, -0.05) is 0 Å². The Labute approximate surface area is 88.7 Å². The molecule has 80 valence electrons. The third-order valence-electron chi connectivity index (χ3n) is 2.43. The Morgan fingerprint density at radius 1 is 1.33 bits per heavy atom. The standard InChI is InChI=1S/C10H15N5/c1-8(10-11-6-7-14(10)2)13-9-4-5-12-15(9)3/h4-8,13H,1-3H3. The molecule has 0 aromatic carbocycles. The van der Waals surface area contributed by atoms with Crippen LogP contribution in [0, 0.1) is 0 Å². The van der Waals surface area contributed by atoms with E-state index in [2.05, 4.69) is 22.3 Å². The van der Waals surface area contributed by atoms with E-state index < -0.39 is 0 Å². The van der Waals surface area contributed by atoms with Gasteiger partial charge in [0.1, 0.15) is 11.6 Å². The van der Waals surface area contributed by atoms with Crippen LogP contribution in [-0.4, -0.2) is 19.3 Å². The van der Waals surface area contributed by atoms with Crippen LogP contribution in [0.15, 0.2) is 24.7 Å². The third kappa shape index (κ3) is 1.86. The first-order valence-electron chi connectivity index (χ1n) is 4.90. The SMILES string of the molecule is CC(Nc1ccnn1C)c1nccn1C. The first kappa shape index (κ1) is 9.76. The van der Waals surface area contributed by atoms with Gasteiger partial charge in [0.25, 0.3) is 0 Å². The van der Waals surface area contributed by atoms with Crippen LogP contribution in [-0.2, 0) is 14.1 Å². The minimum absolute atomic E-state index is 0.167. The number of nitrogens with zero attached hydrogens (tertiary/aromatic N) is 4. The van der Waals surface area contributed by atoms with Crippen molar-refractivity contribution in [3.63, 3.8) is 0 Å². The number of hydrogen-bond donors (Lipinski definition) is 1. The van der Waals surface area contributed by atoms with Gasteiger partial charge in [-0.3, -0.25) is 4.68 Å². The molecule has 0 aliphatic rings. The van der Waals surface area contributed by atoms with Crippen LogP contribution in [0.3, 0.4) is 0 Å². The van der Waals surface area contributed by atoms with Crippen molar-refractivity contribution < 1.29 is 0 Å². The van der Waals surface area contributed by atoms with Gasteiger partial charge in [0.2, 0.25) is 0 Å². The Balaban J connectivity index is 2.14. The Bertz CT molecular complexity index is 442. The molecule has 0 spiro atoms. The fraction of sp³-hybridized carbons (Fsp3) is 0.400. The van der Waals surface area contributed by atoms with E-state index >= 15 is 0 Å². The van der Waals surface area contributed by atoms with Crippen LogP contribution >= 0.6 is 0 Å². The van der Waals surface area contributed by atoms with E-state index in [0.29, 0.717) is 0 Å². The van der Waals surface area contributed by atoms with Crippen molar-refractivity contribution in [1.82, 2.24) is 19.3 Å². The molecular formula is C10H15N5. The summed E-state index contributed by atoms with van der Waals surface area (Å²) in [7, 11) is 3.90. The molecule has 1 N–H and O–H groups in total. The second kappa shape index (κ2) is 3.76. The maximum atomic E-state index is 4.30. The molecule has 15 heavy (non-hydrogen) atoms. The van der Waals surface area contributed by atoms with Crippen molar-refractivity contribution in [3.05, 3.63) is 30.5 Å². The minimum Gasteiger partial charge on any atom is -0.361 e. The van der Waals surface area contributed by atoms with Crippen LogP contribution in [0.4, 0.5) is 5.82 Å². The summed E-state index contributed by atoms with van der Waals surface area (Å²) >= 11 is 0. The highest BCUT2D eigenvalue weighted by atomic mass is 15.3. The van der Waals surface area contributed by atoms with Gasteiger partial charge < -0.3 is 9.88 Å². The average Bonchev–Trinajstić information content (AvgIpc) is 2.76. The first-order valence-corrected chi connectivity index (χ1v) is 4.90. The molecule has 0 aliphatic heterocycles. The minimum atomic E-state index is 0.167. The van der Waals surface area contributed by atoms with E-state index in [1.54, 1.807) is 17.1 Å². The van der Waals surface area contributed by atoms with Crippen molar-refractivity contribution in [2.24, 2.45) is 14.1 Å². The highest BCUT2D eigenvalue weighted by Crippen LogP contribution is 2.15. The lowest BCUT2D eigenvalue weighted by Crippen LogP contribution is -2.13. The Morgan fingerprint density at radius 2 is 2.13 bits per heavy atom. The van der Waals surface area contributed by atoms with Crippen LogP contribution in [0.1, 0.15) is 18.8 Å². The molecule has 2 aromatic heterocycles. The smallest absolute Gasteiger partial charge is 0.130 e. The van der Waals surface area contributed by atoms with Gasteiger partial charge in [0.05, 0.1) is 12.2 Å². The second-order valence-corrected chi connectivity index (χ2v) is 3.60. The monoisotopic (exact) mass is 205 g/mol. The Kier molecular flexibility index (Phi) is 2.45. The molecule has 5 heteroatoms. The van der Waals surface area contributed by atoms with E-state index in [4.69, 9.17) is 0 Å². The lowest BCUT2D eigenvalue weighted by Gasteiger charge is -2.14. The molecule has 0 radical (unpaired) electrons. The number of aromatic nitrogens is 4. The van der Waals surface area contributed by atoms with E-state index in [1.807, 2.05) is 30.9 Å². The zero-order chi connectivity index (χ0) is 10.8. The predicted octanol–water partition coefficient (Wildman–Crippen LogP) is 1.33. The normalized spacial score (nSPS) is 12.7. The molecular weight excluding hydrogens is 190 g/mol. The second-order valence-electron chi connectivity index (χ2n) is 3.60. The van der Waals surface area contributed by atoms with Crippen molar-refractivity contribution in [1.29, 1.82) is 0 Å². The number of nitrogens with one attached hydrogen (secondary N) is 1. The maximum Gasteiger partial charge on any atom is 0.130 e. The van der Waals surface area contributed by atoms with Crippen molar-refractivity contribution in [2.75, 3.05) is 5.32 Å². The molecule has 1 unspecified atom stereocenters. The van der Waals surface area contributed by atoms with E-state index in [1.165, 1.54) is 0 Å². The van der Waals surface area contributed by atoms with Gasteiger partial charge in [0, 0.05) is 32.6 Å². The highest BCUT2D eigenvalue weighted by molar-refractivity contribution is 5.35. The van der Waals surface area contributed by atoms with Gasteiger partial charge in [-0.25, -0.2) is 4.98 Å². The summed E-state index contributed by atoms with van der Waals surface area (Å²) in [6, 6.07) is 2.11. The summed E-state index contributed by atoms with van der Waals surface area (Å²) in [4.78, 5) is 4.30. The number of imidazole rings is 1. The maximum absolute atomic E-state index is 4.30. The quantitative estimate of drug-likeness (QED) is 0.822. The molecule has 0 aliphatic carbocycles. The van der Waals surface area contributed by atoms with Gasteiger partial charge in [-0.2, -0.15) is 5.10 Å². The zero-order valence-corrected chi connectivity index (χ0v) is 9.18. The largest absolute Gasteiger partial charge is 0.361 e. The average molecular weight is 205 g/mol. The van der Waals surface area contributed by atoms with Gasteiger partial charge >= 0.3 is 0 Å². The van der Waals surface area contributed by atoms with Gasteiger partial charge in [0.15, 0.2) is 0 Å². The molecule has 2 heterocycles. The van der Waals surface area contributed by atoms with Crippen LogP contribution < -0.4 is 5.32 Å². The molecule has 0 saturated carbocycles. The van der Waals surface area contributed by atoms with Gasteiger partial charge in [-0.15, -0.1) is 0 Å². The summed E-state index contributed by atoms with van der Waals surface area (Å²) in [5.41, 5.74) is 0.